The van der Waals surface area contributed by atoms with Crippen molar-refractivity contribution in [2.75, 3.05) is 5.32 Å². The largest absolute Gasteiger partial charge is 0.320 e. The number of carbonyl (C=O) groups is 1. The maximum atomic E-state index is 12.9. The van der Waals surface area contributed by atoms with Gasteiger partial charge in [0.15, 0.2) is 0 Å². The van der Waals surface area contributed by atoms with Crippen molar-refractivity contribution in [3.05, 3.63) is 82.3 Å². The Labute approximate surface area is 140 Å². The summed E-state index contributed by atoms with van der Waals surface area (Å²) in [5, 5.41) is 2.66. The maximum Gasteiger partial charge on any atom is 0.291 e. The summed E-state index contributed by atoms with van der Waals surface area (Å²) in [6.07, 6.45) is 0. The molecule has 24 heavy (non-hydrogen) atoms. The molecule has 0 fully saturated rings. The van der Waals surface area contributed by atoms with E-state index in [2.05, 4.69) is 5.32 Å². The van der Waals surface area contributed by atoms with E-state index in [0.29, 0.717) is 17.9 Å². The predicted molar refractivity (Wildman–Crippen MR) is 94.6 cm³/mol. The van der Waals surface area contributed by atoms with Crippen LogP contribution < -0.4 is 10.9 Å². The average Bonchev–Trinajstić information content (AvgIpc) is 2.81. The van der Waals surface area contributed by atoms with Gasteiger partial charge in [0.1, 0.15) is 5.69 Å². The minimum Gasteiger partial charge on any atom is -0.320 e. The number of aromatic nitrogens is 2. The number of hydrogen-bond donors (Lipinski definition) is 1. The number of benzene rings is 2. The van der Waals surface area contributed by atoms with Crippen LogP contribution in [0.15, 0.2) is 65.5 Å². The van der Waals surface area contributed by atoms with Gasteiger partial charge in [-0.15, -0.1) is 0 Å². The van der Waals surface area contributed by atoms with Crippen molar-refractivity contribution in [2.24, 2.45) is 0 Å². The summed E-state index contributed by atoms with van der Waals surface area (Å²) in [5.74, 6) is -0.257. The van der Waals surface area contributed by atoms with E-state index in [1.165, 1.54) is 6.92 Å². The second kappa shape index (κ2) is 6.58. The van der Waals surface area contributed by atoms with Crippen LogP contribution in [0.4, 0.5) is 5.69 Å². The fourth-order valence-corrected chi connectivity index (χ4v) is 2.78. The molecule has 0 aliphatic carbocycles. The van der Waals surface area contributed by atoms with Gasteiger partial charge in [-0.1, -0.05) is 48.5 Å². The zero-order valence-corrected chi connectivity index (χ0v) is 13.7. The Hall–Kier alpha value is -3.08. The third-order valence-electron chi connectivity index (χ3n) is 3.85. The highest BCUT2D eigenvalue weighted by Gasteiger charge is 2.19. The second-order valence-electron chi connectivity index (χ2n) is 5.64. The molecule has 3 aromatic rings. The molecule has 1 N–H and O–H groups in total. The van der Waals surface area contributed by atoms with E-state index in [-0.39, 0.29) is 11.5 Å². The van der Waals surface area contributed by atoms with Gasteiger partial charge in [0.05, 0.1) is 17.9 Å². The van der Waals surface area contributed by atoms with Crippen LogP contribution in [0.25, 0.3) is 5.69 Å². The molecule has 3 rings (SSSR count). The van der Waals surface area contributed by atoms with Crippen molar-refractivity contribution in [3.8, 4) is 5.69 Å². The monoisotopic (exact) mass is 321 g/mol. The van der Waals surface area contributed by atoms with Crippen molar-refractivity contribution in [2.45, 2.75) is 20.4 Å². The first-order valence-corrected chi connectivity index (χ1v) is 7.77. The number of para-hydroxylation sites is 1. The molecule has 5 nitrogen and oxygen atoms in total. The van der Waals surface area contributed by atoms with Crippen LogP contribution in [-0.4, -0.2) is 15.3 Å². The van der Waals surface area contributed by atoms with Gasteiger partial charge in [0.25, 0.3) is 5.56 Å². The topological polar surface area (TPSA) is 56.0 Å². The lowest BCUT2D eigenvalue weighted by Gasteiger charge is -2.13. The quantitative estimate of drug-likeness (QED) is 0.803. The third-order valence-corrected chi connectivity index (χ3v) is 3.85. The van der Waals surface area contributed by atoms with Crippen LogP contribution in [0.3, 0.4) is 0 Å². The Morgan fingerprint density at radius 2 is 1.58 bits per heavy atom. The van der Waals surface area contributed by atoms with Gasteiger partial charge in [0.2, 0.25) is 5.91 Å². The smallest absolute Gasteiger partial charge is 0.291 e. The highest BCUT2D eigenvalue weighted by Crippen LogP contribution is 2.18. The summed E-state index contributed by atoms with van der Waals surface area (Å²) in [6, 6.07) is 19.4. The molecule has 122 valence electrons. The van der Waals surface area contributed by atoms with Crippen LogP contribution in [0.2, 0.25) is 0 Å². The van der Waals surface area contributed by atoms with E-state index < -0.39 is 0 Å². The zero-order valence-electron chi connectivity index (χ0n) is 13.7. The molecule has 5 heteroatoms. The Morgan fingerprint density at radius 3 is 2.17 bits per heavy atom. The number of amides is 1. The van der Waals surface area contributed by atoms with Crippen molar-refractivity contribution >= 4 is 11.6 Å². The first-order valence-electron chi connectivity index (χ1n) is 7.77. The molecule has 0 spiro atoms. The lowest BCUT2D eigenvalue weighted by molar-refractivity contribution is -0.114. The van der Waals surface area contributed by atoms with Crippen molar-refractivity contribution < 1.29 is 4.79 Å². The number of nitrogens with one attached hydrogen (secondary N) is 1. The summed E-state index contributed by atoms with van der Waals surface area (Å²) in [5.41, 5.74) is 2.71. The van der Waals surface area contributed by atoms with E-state index >= 15 is 0 Å². The average molecular weight is 321 g/mol. The number of hydrogen-bond acceptors (Lipinski definition) is 2. The molecule has 1 amide bonds. The molecule has 0 aliphatic rings. The number of carbonyl (C=O) groups excluding carboxylic acids is 1. The highest BCUT2D eigenvalue weighted by molar-refractivity contribution is 5.89. The minimum absolute atomic E-state index is 0.213. The number of nitrogens with zero attached hydrogens (tertiary/aromatic N) is 2. The highest BCUT2D eigenvalue weighted by atomic mass is 16.2. The molecule has 2 aromatic carbocycles. The van der Waals surface area contributed by atoms with Gasteiger partial charge >= 0.3 is 0 Å². The zero-order chi connectivity index (χ0) is 17.1. The van der Waals surface area contributed by atoms with E-state index in [0.717, 1.165) is 11.3 Å². The van der Waals surface area contributed by atoms with Gasteiger partial charge in [-0.2, -0.15) is 0 Å². The van der Waals surface area contributed by atoms with Gasteiger partial charge in [-0.25, -0.2) is 4.68 Å². The van der Waals surface area contributed by atoms with Gasteiger partial charge in [-0.05, 0) is 24.6 Å². The first kappa shape index (κ1) is 15.8. The van der Waals surface area contributed by atoms with E-state index in [1.54, 1.807) is 4.68 Å². The third kappa shape index (κ3) is 3.01. The van der Waals surface area contributed by atoms with Crippen LogP contribution in [0.1, 0.15) is 18.2 Å². The Morgan fingerprint density at radius 1 is 1.00 bits per heavy atom. The van der Waals surface area contributed by atoms with E-state index in [9.17, 15) is 9.59 Å². The predicted octanol–water partition coefficient (Wildman–Crippen LogP) is 2.95. The second-order valence-corrected chi connectivity index (χ2v) is 5.64. The molecule has 0 atom stereocenters. The summed E-state index contributed by atoms with van der Waals surface area (Å²) in [6.45, 7) is 3.66. The van der Waals surface area contributed by atoms with Crippen LogP contribution >= 0.6 is 0 Å². The fourth-order valence-electron chi connectivity index (χ4n) is 2.78. The summed E-state index contributed by atoms with van der Waals surface area (Å²) in [4.78, 5) is 24.3. The number of anilines is 1. The van der Waals surface area contributed by atoms with E-state index in [1.807, 2.05) is 72.3 Å². The lowest BCUT2D eigenvalue weighted by atomic mass is 10.2. The van der Waals surface area contributed by atoms with Crippen molar-refractivity contribution in [3.63, 3.8) is 0 Å². The van der Waals surface area contributed by atoms with Crippen LogP contribution in [0.5, 0.6) is 0 Å². The molecule has 1 heterocycles. The molecular weight excluding hydrogens is 302 g/mol. The molecule has 1 aromatic heterocycles. The van der Waals surface area contributed by atoms with Crippen molar-refractivity contribution in [1.82, 2.24) is 9.36 Å². The Balaban J connectivity index is 2.18. The van der Waals surface area contributed by atoms with E-state index in [4.69, 9.17) is 0 Å². The molecule has 0 saturated heterocycles. The van der Waals surface area contributed by atoms with Crippen LogP contribution in [0, 0.1) is 6.92 Å². The minimum atomic E-state index is -0.257. The summed E-state index contributed by atoms with van der Waals surface area (Å²) >= 11 is 0. The number of rotatable bonds is 4. The fraction of sp³-hybridized carbons (Fsp3) is 0.158. The summed E-state index contributed by atoms with van der Waals surface area (Å²) in [7, 11) is 0. The normalized spacial score (nSPS) is 10.6. The standard InChI is InChI=1S/C19H19N3O2/c1-14-18(20-15(2)23)19(24)21(13-16-9-5-3-6-10-16)22(14)17-11-7-4-8-12-17/h3-12H,13H2,1-2H3,(H,20,23). The lowest BCUT2D eigenvalue weighted by Crippen LogP contribution is -2.24. The molecular formula is C19H19N3O2. The molecule has 0 unspecified atom stereocenters. The van der Waals surface area contributed by atoms with Crippen molar-refractivity contribution in [1.29, 1.82) is 0 Å². The van der Waals surface area contributed by atoms with Gasteiger partial charge in [-0.3, -0.25) is 14.3 Å². The Kier molecular flexibility index (Phi) is 4.33. The molecule has 0 radical (unpaired) electrons. The molecule has 0 bridgehead atoms. The van der Waals surface area contributed by atoms with Gasteiger partial charge < -0.3 is 5.32 Å². The maximum absolute atomic E-state index is 12.9. The molecule has 0 saturated carbocycles. The first-order chi connectivity index (χ1) is 11.6. The molecule has 0 aliphatic heterocycles. The van der Waals surface area contributed by atoms with Crippen LogP contribution in [-0.2, 0) is 11.3 Å². The summed E-state index contributed by atoms with van der Waals surface area (Å²) < 4.78 is 3.49. The SMILES string of the molecule is CC(=O)Nc1c(C)n(-c2ccccc2)n(Cc2ccccc2)c1=O. The Bertz CT molecular complexity index is 909. The van der Waals surface area contributed by atoms with Gasteiger partial charge in [0, 0.05) is 6.92 Å².